The first-order valence-corrected chi connectivity index (χ1v) is 6.28. The molecule has 0 aliphatic carbocycles. The topological polar surface area (TPSA) is 42.0 Å². The standard InChI is InChI=1S/C13H19ClN2O/c1-9(2)7-11(14)8-15-13(17)12-6-4-5-10(3)16-12/h4-6,9,11H,7-8H2,1-3H3,(H,15,17). The van der Waals surface area contributed by atoms with E-state index in [1.807, 2.05) is 19.1 Å². The summed E-state index contributed by atoms with van der Waals surface area (Å²) in [7, 11) is 0. The summed E-state index contributed by atoms with van der Waals surface area (Å²) in [5.41, 5.74) is 1.28. The monoisotopic (exact) mass is 254 g/mol. The Morgan fingerprint density at radius 1 is 1.47 bits per heavy atom. The van der Waals surface area contributed by atoms with Gasteiger partial charge in [-0.25, -0.2) is 4.98 Å². The number of amides is 1. The molecule has 0 aromatic carbocycles. The highest BCUT2D eigenvalue weighted by molar-refractivity contribution is 6.20. The van der Waals surface area contributed by atoms with Crippen molar-refractivity contribution >= 4 is 17.5 Å². The number of hydrogen-bond donors (Lipinski definition) is 1. The molecule has 0 aliphatic rings. The maximum atomic E-state index is 11.8. The summed E-state index contributed by atoms with van der Waals surface area (Å²) < 4.78 is 0. The number of carbonyl (C=O) groups excluding carboxylic acids is 1. The van der Waals surface area contributed by atoms with Gasteiger partial charge >= 0.3 is 0 Å². The fourth-order valence-electron chi connectivity index (χ4n) is 1.56. The Balaban J connectivity index is 2.45. The lowest BCUT2D eigenvalue weighted by molar-refractivity contribution is 0.0947. The second-order valence-corrected chi connectivity index (χ2v) is 5.22. The summed E-state index contributed by atoms with van der Waals surface area (Å²) in [4.78, 5) is 15.9. The lowest BCUT2D eigenvalue weighted by atomic mass is 10.1. The van der Waals surface area contributed by atoms with Crippen LogP contribution in [0.1, 0.15) is 36.5 Å². The Kier molecular flexibility index (Phi) is 5.42. The van der Waals surface area contributed by atoms with Gasteiger partial charge in [0.1, 0.15) is 5.69 Å². The van der Waals surface area contributed by atoms with Crippen LogP contribution in [-0.2, 0) is 0 Å². The van der Waals surface area contributed by atoms with E-state index in [1.165, 1.54) is 0 Å². The number of halogens is 1. The van der Waals surface area contributed by atoms with Crippen molar-refractivity contribution in [1.29, 1.82) is 0 Å². The van der Waals surface area contributed by atoms with Crippen LogP contribution >= 0.6 is 11.6 Å². The zero-order valence-electron chi connectivity index (χ0n) is 10.5. The first-order chi connectivity index (χ1) is 7.99. The van der Waals surface area contributed by atoms with Gasteiger partial charge in [0.15, 0.2) is 0 Å². The van der Waals surface area contributed by atoms with Gasteiger partial charge in [-0.3, -0.25) is 4.79 Å². The third kappa shape index (κ3) is 5.18. The Morgan fingerprint density at radius 3 is 2.76 bits per heavy atom. The van der Waals surface area contributed by atoms with E-state index in [9.17, 15) is 4.79 Å². The summed E-state index contributed by atoms with van der Waals surface area (Å²) in [5, 5.41) is 2.77. The van der Waals surface area contributed by atoms with Crippen LogP contribution in [-0.4, -0.2) is 22.8 Å². The molecule has 1 aromatic rings. The number of nitrogens with zero attached hydrogens (tertiary/aromatic N) is 1. The predicted octanol–water partition coefficient (Wildman–Crippen LogP) is 2.77. The van der Waals surface area contributed by atoms with Crippen molar-refractivity contribution < 1.29 is 4.79 Å². The number of rotatable bonds is 5. The van der Waals surface area contributed by atoms with Gasteiger partial charge in [-0.15, -0.1) is 11.6 Å². The molecule has 1 rings (SSSR count). The van der Waals surface area contributed by atoms with Gasteiger partial charge in [0.05, 0.1) is 5.38 Å². The van der Waals surface area contributed by atoms with E-state index in [1.54, 1.807) is 6.07 Å². The van der Waals surface area contributed by atoms with E-state index in [-0.39, 0.29) is 11.3 Å². The molecule has 0 bridgehead atoms. The highest BCUT2D eigenvalue weighted by Gasteiger charge is 2.11. The average molecular weight is 255 g/mol. The van der Waals surface area contributed by atoms with Gasteiger partial charge in [-0.1, -0.05) is 19.9 Å². The Hall–Kier alpha value is -1.09. The summed E-state index contributed by atoms with van der Waals surface area (Å²) in [6.45, 7) is 6.56. The lowest BCUT2D eigenvalue weighted by Gasteiger charge is -2.12. The van der Waals surface area contributed by atoms with Crippen LogP contribution in [0.15, 0.2) is 18.2 Å². The van der Waals surface area contributed by atoms with Crippen LogP contribution < -0.4 is 5.32 Å². The summed E-state index contributed by atoms with van der Waals surface area (Å²) >= 11 is 6.10. The zero-order valence-corrected chi connectivity index (χ0v) is 11.3. The molecule has 0 fully saturated rings. The SMILES string of the molecule is Cc1cccc(C(=O)NCC(Cl)CC(C)C)n1. The molecular formula is C13H19ClN2O. The molecule has 1 heterocycles. The maximum absolute atomic E-state index is 11.8. The third-order valence-corrected chi connectivity index (χ3v) is 2.66. The van der Waals surface area contributed by atoms with Gasteiger partial charge in [-0.2, -0.15) is 0 Å². The molecule has 0 saturated heterocycles. The Morgan fingerprint density at radius 2 is 2.18 bits per heavy atom. The number of pyridine rings is 1. The number of hydrogen-bond acceptors (Lipinski definition) is 2. The van der Waals surface area contributed by atoms with E-state index in [0.717, 1.165) is 12.1 Å². The third-order valence-electron chi connectivity index (χ3n) is 2.33. The van der Waals surface area contributed by atoms with E-state index in [0.29, 0.717) is 18.2 Å². The molecule has 0 spiro atoms. The predicted molar refractivity (Wildman–Crippen MR) is 70.4 cm³/mol. The van der Waals surface area contributed by atoms with Crippen molar-refractivity contribution in [3.05, 3.63) is 29.6 Å². The molecule has 1 aromatic heterocycles. The van der Waals surface area contributed by atoms with Crippen molar-refractivity contribution in [2.45, 2.75) is 32.6 Å². The molecule has 17 heavy (non-hydrogen) atoms. The summed E-state index contributed by atoms with van der Waals surface area (Å²) in [5.74, 6) is 0.370. The first-order valence-electron chi connectivity index (χ1n) is 5.85. The Bertz CT molecular complexity index is 379. The number of aromatic nitrogens is 1. The Labute approximate surface area is 108 Å². The van der Waals surface area contributed by atoms with Gasteiger partial charge in [0.2, 0.25) is 0 Å². The lowest BCUT2D eigenvalue weighted by Crippen LogP contribution is -2.31. The summed E-state index contributed by atoms with van der Waals surface area (Å²) in [6.07, 6.45) is 0.892. The van der Waals surface area contributed by atoms with Crippen molar-refractivity contribution in [2.75, 3.05) is 6.54 Å². The van der Waals surface area contributed by atoms with Crippen molar-refractivity contribution in [3.63, 3.8) is 0 Å². The minimum absolute atomic E-state index is 0.0243. The quantitative estimate of drug-likeness (QED) is 0.821. The van der Waals surface area contributed by atoms with Crippen LogP contribution in [0.2, 0.25) is 0 Å². The van der Waals surface area contributed by atoms with E-state index < -0.39 is 0 Å². The largest absolute Gasteiger partial charge is 0.349 e. The average Bonchev–Trinajstić information content (AvgIpc) is 2.25. The second kappa shape index (κ2) is 6.60. The highest BCUT2D eigenvalue weighted by Crippen LogP contribution is 2.09. The molecule has 1 atom stereocenters. The minimum Gasteiger partial charge on any atom is -0.349 e. The summed E-state index contributed by atoms with van der Waals surface area (Å²) in [6, 6.07) is 5.39. The number of alkyl halides is 1. The van der Waals surface area contributed by atoms with Crippen LogP contribution in [0.5, 0.6) is 0 Å². The first kappa shape index (κ1) is 14.0. The van der Waals surface area contributed by atoms with Crippen molar-refractivity contribution in [1.82, 2.24) is 10.3 Å². The maximum Gasteiger partial charge on any atom is 0.269 e. The molecule has 0 saturated carbocycles. The van der Waals surface area contributed by atoms with Crippen LogP contribution in [0, 0.1) is 12.8 Å². The molecule has 1 amide bonds. The van der Waals surface area contributed by atoms with Crippen LogP contribution in [0.25, 0.3) is 0 Å². The molecule has 0 radical (unpaired) electrons. The fraction of sp³-hybridized carbons (Fsp3) is 0.538. The van der Waals surface area contributed by atoms with Gasteiger partial charge in [0, 0.05) is 12.2 Å². The number of carbonyl (C=O) groups is 1. The molecule has 94 valence electrons. The number of aryl methyl sites for hydroxylation is 1. The number of nitrogens with one attached hydrogen (secondary N) is 1. The van der Waals surface area contributed by atoms with E-state index in [2.05, 4.69) is 24.1 Å². The van der Waals surface area contributed by atoms with Crippen molar-refractivity contribution in [2.24, 2.45) is 5.92 Å². The van der Waals surface area contributed by atoms with E-state index >= 15 is 0 Å². The van der Waals surface area contributed by atoms with Crippen molar-refractivity contribution in [3.8, 4) is 0 Å². The van der Waals surface area contributed by atoms with Gasteiger partial charge in [0.25, 0.3) is 5.91 Å². The fourth-order valence-corrected chi connectivity index (χ4v) is 1.99. The molecule has 4 heteroatoms. The molecule has 1 unspecified atom stereocenters. The highest BCUT2D eigenvalue weighted by atomic mass is 35.5. The zero-order chi connectivity index (χ0) is 12.8. The minimum atomic E-state index is -0.164. The molecule has 0 aliphatic heterocycles. The van der Waals surface area contributed by atoms with Gasteiger partial charge < -0.3 is 5.32 Å². The normalized spacial score (nSPS) is 12.5. The molecule has 3 nitrogen and oxygen atoms in total. The van der Waals surface area contributed by atoms with E-state index in [4.69, 9.17) is 11.6 Å². The molecule has 1 N–H and O–H groups in total. The van der Waals surface area contributed by atoms with Crippen LogP contribution in [0.3, 0.4) is 0 Å². The molecular weight excluding hydrogens is 236 g/mol. The van der Waals surface area contributed by atoms with Gasteiger partial charge in [-0.05, 0) is 31.4 Å². The van der Waals surface area contributed by atoms with Crippen LogP contribution in [0.4, 0.5) is 0 Å². The second-order valence-electron chi connectivity index (χ2n) is 4.60. The smallest absolute Gasteiger partial charge is 0.269 e.